The molecule has 5 nitrogen and oxygen atoms in total. The first-order chi connectivity index (χ1) is 18.6. The molecule has 0 heterocycles. The minimum Gasteiger partial charge on any atom is -0.492 e. The lowest BCUT2D eigenvalue weighted by atomic mass is 9.88. The van der Waals surface area contributed by atoms with Gasteiger partial charge >= 0.3 is 0 Å². The van der Waals surface area contributed by atoms with Gasteiger partial charge in [0, 0.05) is 6.54 Å². The number of hydrogen-bond donors (Lipinski definition) is 1. The molecule has 3 rings (SSSR count). The van der Waals surface area contributed by atoms with E-state index in [0.29, 0.717) is 19.0 Å². The molecule has 5 heteroatoms. The summed E-state index contributed by atoms with van der Waals surface area (Å²) >= 11 is 0. The van der Waals surface area contributed by atoms with Gasteiger partial charge in [0.1, 0.15) is 12.4 Å². The third-order valence-corrected chi connectivity index (χ3v) is 6.42. The molecule has 0 spiro atoms. The van der Waals surface area contributed by atoms with Gasteiger partial charge in [0.25, 0.3) is 0 Å². The lowest BCUT2D eigenvalue weighted by Crippen LogP contribution is -2.15. The third kappa shape index (κ3) is 9.64. The van der Waals surface area contributed by atoms with Gasteiger partial charge in [0.15, 0.2) is 5.75 Å². The van der Waals surface area contributed by atoms with Crippen LogP contribution in [0, 0.1) is 0 Å². The van der Waals surface area contributed by atoms with E-state index in [0.717, 1.165) is 49.2 Å². The van der Waals surface area contributed by atoms with Gasteiger partial charge in [-0.05, 0) is 99.1 Å². The second-order valence-corrected chi connectivity index (χ2v) is 9.70. The molecule has 1 N–H and O–H groups in total. The van der Waals surface area contributed by atoms with Gasteiger partial charge in [0.05, 0.1) is 6.61 Å². The Bertz CT molecular complexity index is 1080. The Kier molecular flexibility index (Phi) is 12.9. The predicted octanol–water partition coefficient (Wildman–Crippen LogP) is 7.09. The van der Waals surface area contributed by atoms with Gasteiger partial charge in [-0.3, -0.25) is 0 Å². The van der Waals surface area contributed by atoms with Crippen LogP contribution in [-0.2, 0) is 4.89 Å². The first kappa shape index (κ1) is 29.4. The molecule has 0 radical (unpaired) electrons. The molecule has 0 atom stereocenters. The van der Waals surface area contributed by atoms with Gasteiger partial charge in [-0.2, -0.15) is 4.89 Å². The lowest BCUT2D eigenvalue weighted by molar-refractivity contribution is -0.207. The Morgan fingerprint density at radius 1 is 0.711 bits per heavy atom. The third-order valence-electron chi connectivity index (χ3n) is 6.42. The van der Waals surface area contributed by atoms with Gasteiger partial charge < -0.3 is 19.8 Å². The molecule has 0 saturated heterocycles. The first-order valence-electron chi connectivity index (χ1n) is 13.8. The minimum atomic E-state index is 0.603. The summed E-state index contributed by atoms with van der Waals surface area (Å²) in [4.78, 5) is 13.3. The molecule has 0 unspecified atom stereocenters. The van der Waals surface area contributed by atoms with Gasteiger partial charge in [-0.1, -0.05) is 74.4 Å². The zero-order valence-electron chi connectivity index (χ0n) is 23.5. The average molecular weight is 517 g/mol. The van der Waals surface area contributed by atoms with E-state index < -0.39 is 0 Å². The predicted molar refractivity (Wildman–Crippen MR) is 159 cm³/mol. The van der Waals surface area contributed by atoms with E-state index >= 15 is 0 Å². The highest BCUT2D eigenvalue weighted by atomic mass is 17.2. The number of ether oxygens (including phenoxy) is 1. The maximum Gasteiger partial charge on any atom is 0.165 e. The normalized spacial score (nSPS) is 11.9. The Hall–Kier alpha value is -3.12. The molecular formula is C33H44N2O3. The molecule has 0 aliphatic carbocycles. The van der Waals surface area contributed by atoms with Crippen molar-refractivity contribution in [3.63, 3.8) is 0 Å². The second kappa shape index (κ2) is 16.7. The summed E-state index contributed by atoms with van der Waals surface area (Å²) in [5, 5.41) is 3.11. The van der Waals surface area contributed by atoms with Crippen molar-refractivity contribution in [3.8, 4) is 11.5 Å². The highest BCUT2D eigenvalue weighted by Gasteiger charge is 2.14. The minimum absolute atomic E-state index is 0.603. The number of nitrogens with zero attached hydrogens (tertiary/aromatic N) is 1. The van der Waals surface area contributed by atoms with Crippen molar-refractivity contribution in [2.24, 2.45) is 0 Å². The lowest BCUT2D eigenvalue weighted by Gasteiger charge is -2.17. The summed E-state index contributed by atoms with van der Waals surface area (Å²) in [5.41, 5.74) is 6.04. The number of hydrogen-bond acceptors (Lipinski definition) is 5. The fourth-order valence-electron chi connectivity index (χ4n) is 4.40. The Morgan fingerprint density at radius 3 is 1.95 bits per heavy atom. The molecule has 0 aliphatic heterocycles. The molecule has 0 aliphatic rings. The monoisotopic (exact) mass is 516 g/mol. The largest absolute Gasteiger partial charge is 0.492 e. The Morgan fingerprint density at radius 2 is 1.34 bits per heavy atom. The highest BCUT2D eigenvalue weighted by Crippen LogP contribution is 2.35. The molecular weight excluding hydrogens is 472 g/mol. The van der Waals surface area contributed by atoms with Crippen molar-refractivity contribution in [1.82, 2.24) is 10.2 Å². The van der Waals surface area contributed by atoms with Crippen LogP contribution in [0.15, 0.2) is 78.9 Å². The van der Waals surface area contributed by atoms with Crippen molar-refractivity contribution >= 4 is 11.1 Å². The SMILES string of the molecule is CC/C(=C(/c1ccc(OCCNC)cc1)c1ccc(OOCCCCCCN(C)C)cc1)c1ccccc1. The van der Waals surface area contributed by atoms with Gasteiger partial charge in [0.2, 0.25) is 0 Å². The smallest absolute Gasteiger partial charge is 0.165 e. The highest BCUT2D eigenvalue weighted by molar-refractivity contribution is 5.98. The molecule has 0 fully saturated rings. The maximum absolute atomic E-state index is 5.85. The number of benzene rings is 3. The Balaban J connectivity index is 1.72. The molecule has 0 aromatic heterocycles. The van der Waals surface area contributed by atoms with Crippen LogP contribution in [0.25, 0.3) is 11.1 Å². The van der Waals surface area contributed by atoms with E-state index in [2.05, 4.69) is 98.0 Å². The molecule has 0 bridgehead atoms. The molecule has 0 saturated carbocycles. The van der Waals surface area contributed by atoms with E-state index in [1.54, 1.807) is 0 Å². The zero-order chi connectivity index (χ0) is 27.0. The quantitative estimate of drug-likeness (QED) is 0.0898. The van der Waals surface area contributed by atoms with Crippen LogP contribution >= 0.6 is 0 Å². The summed E-state index contributed by atoms with van der Waals surface area (Å²) in [6, 6.07) is 27.2. The van der Waals surface area contributed by atoms with Crippen LogP contribution in [-0.4, -0.2) is 52.3 Å². The van der Waals surface area contributed by atoms with E-state index in [-0.39, 0.29) is 0 Å². The number of allylic oxidation sites excluding steroid dienone is 1. The molecule has 38 heavy (non-hydrogen) atoms. The molecule has 0 amide bonds. The maximum atomic E-state index is 5.85. The summed E-state index contributed by atoms with van der Waals surface area (Å²) in [7, 11) is 6.16. The van der Waals surface area contributed by atoms with Crippen LogP contribution in [0.1, 0.15) is 55.7 Å². The summed E-state index contributed by atoms with van der Waals surface area (Å²) in [5.74, 6) is 1.59. The summed E-state index contributed by atoms with van der Waals surface area (Å²) in [6.45, 7) is 5.41. The zero-order valence-corrected chi connectivity index (χ0v) is 23.5. The van der Waals surface area contributed by atoms with Crippen molar-refractivity contribution in [3.05, 3.63) is 95.6 Å². The topological polar surface area (TPSA) is 43.0 Å². The van der Waals surface area contributed by atoms with Crippen LogP contribution < -0.4 is 14.9 Å². The van der Waals surface area contributed by atoms with E-state index in [1.807, 2.05) is 19.2 Å². The van der Waals surface area contributed by atoms with Crippen molar-refractivity contribution in [2.45, 2.75) is 39.0 Å². The van der Waals surface area contributed by atoms with Crippen molar-refractivity contribution < 1.29 is 14.5 Å². The fraction of sp³-hybridized carbons (Fsp3) is 0.394. The number of rotatable bonds is 17. The number of unbranched alkanes of at least 4 members (excludes halogenated alkanes) is 3. The van der Waals surface area contributed by atoms with Crippen molar-refractivity contribution in [1.29, 1.82) is 0 Å². The molecule has 204 valence electrons. The van der Waals surface area contributed by atoms with E-state index in [4.69, 9.17) is 14.5 Å². The van der Waals surface area contributed by atoms with Crippen LogP contribution in [0.4, 0.5) is 0 Å². The average Bonchev–Trinajstić information content (AvgIpc) is 2.94. The number of likely N-dealkylation sites (N-methyl/N-ethyl adjacent to an activating group) is 1. The van der Waals surface area contributed by atoms with Crippen molar-refractivity contribution in [2.75, 3.05) is 47.4 Å². The summed E-state index contributed by atoms with van der Waals surface area (Å²) in [6.07, 6.45) is 5.51. The van der Waals surface area contributed by atoms with Gasteiger partial charge in [-0.15, -0.1) is 0 Å². The van der Waals surface area contributed by atoms with Crippen LogP contribution in [0.2, 0.25) is 0 Å². The van der Waals surface area contributed by atoms with Crippen LogP contribution in [0.3, 0.4) is 0 Å². The standard InChI is InChI=1S/C33H44N2O3/c1-5-32(27-13-9-8-10-14-27)33(28-15-19-30(20-16-28)36-26-23-34-2)29-17-21-31(22-18-29)38-37-25-12-7-6-11-24-35(3)4/h8-10,13-22,34H,5-7,11-12,23-26H2,1-4H3/b33-32+. The van der Waals surface area contributed by atoms with E-state index in [9.17, 15) is 0 Å². The summed E-state index contributed by atoms with van der Waals surface area (Å²) < 4.78 is 5.85. The second-order valence-electron chi connectivity index (χ2n) is 9.70. The first-order valence-corrected chi connectivity index (χ1v) is 13.8. The van der Waals surface area contributed by atoms with Gasteiger partial charge in [-0.25, -0.2) is 0 Å². The fourth-order valence-corrected chi connectivity index (χ4v) is 4.40. The van der Waals surface area contributed by atoms with E-state index in [1.165, 1.54) is 29.6 Å². The van der Waals surface area contributed by atoms with Crippen LogP contribution in [0.5, 0.6) is 11.5 Å². The Labute approximate surface area is 229 Å². The number of nitrogens with one attached hydrogen (secondary N) is 1. The molecule has 3 aromatic rings. The molecule has 3 aromatic carbocycles.